The summed E-state index contributed by atoms with van der Waals surface area (Å²) in [6, 6.07) is 15.6. The van der Waals surface area contributed by atoms with Crippen molar-refractivity contribution < 1.29 is 14.3 Å². The van der Waals surface area contributed by atoms with Crippen molar-refractivity contribution in [2.45, 2.75) is 5.60 Å². The fourth-order valence-corrected chi connectivity index (χ4v) is 2.43. The third-order valence-corrected chi connectivity index (χ3v) is 3.30. The molecule has 2 aromatic carbocycles. The molecule has 0 aromatic heterocycles. The van der Waals surface area contributed by atoms with Crippen molar-refractivity contribution in [3.8, 4) is 0 Å². The van der Waals surface area contributed by atoms with Crippen LogP contribution in [0, 0.1) is 0 Å². The van der Waals surface area contributed by atoms with Gasteiger partial charge in [-0.1, -0.05) is 48.5 Å². The monoisotopic (exact) mass is 253 g/mol. The van der Waals surface area contributed by atoms with Gasteiger partial charge in [-0.3, -0.25) is 4.79 Å². The van der Waals surface area contributed by atoms with Crippen molar-refractivity contribution in [3.05, 3.63) is 71.3 Å². The zero-order valence-corrected chi connectivity index (χ0v) is 10.00. The normalized spacial score (nSPS) is 20.7. The van der Waals surface area contributed by atoms with Gasteiger partial charge in [0, 0.05) is 11.1 Å². The molecule has 0 radical (unpaired) electrons. The van der Waals surface area contributed by atoms with Gasteiger partial charge in [0.05, 0.1) is 5.56 Å². The molecule has 4 nitrogen and oxygen atoms in total. The molecule has 0 saturated heterocycles. The van der Waals surface area contributed by atoms with Crippen LogP contribution in [0.4, 0.5) is 0 Å². The number of hydrogen-bond acceptors (Lipinski definition) is 3. The SMILES string of the molecule is NC(=O)[C@]1(c2ccccc2)OC(=O)c2ccccc21. The molecule has 94 valence electrons. The molecule has 0 spiro atoms. The Kier molecular flexibility index (Phi) is 2.38. The highest BCUT2D eigenvalue weighted by atomic mass is 16.6. The molecule has 4 heteroatoms. The number of amides is 1. The largest absolute Gasteiger partial charge is 0.435 e. The number of esters is 1. The molecule has 2 aromatic rings. The summed E-state index contributed by atoms with van der Waals surface area (Å²) in [5, 5.41) is 0. The summed E-state index contributed by atoms with van der Waals surface area (Å²) in [7, 11) is 0. The first-order valence-electron chi connectivity index (χ1n) is 5.84. The highest BCUT2D eigenvalue weighted by Gasteiger charge is 2.51. The van der Waals surface area contributed by atoms with Crippen LogP contribution in [-0.2, 0) is 15.1 Å². The summed E-state index contributed by atoms with van der Waals surface area (Å²) in [6.45, 7) is 0. The van der Waals surface area contributed by atoms with Gasteiger partial charge in [-0.05, 0) is 6.07 Å². The summed E-state index contributed by atoms with van der Waals surface area (Å²) < 4.78 is 5.35. The van der Waals surface area contributed by atoms with E-state index in [-0.39, 0.29) is 0 Å². The zero-order valence-electron chi connectivity index (χ0n) is 10.00. The van der Waals surface area contributed by atoms with Crippen LogP contribution in [0.2, 0.25) is 0 Å². The summed E-state index contributed by atoms with van der Waals surface area (Å²) in [4.78, 5) is 23.9. The van der Waals surface area contributed by atoms with Crippen molar-refractivity contribution in [2.75, 3.05) is 0 Å². The molecule has 0 unspecified atom stereocenters. The molecule has 1 aliphatic heterocycles. The van der Waals surface area contributed by atoms with Crippen LogP contribution in [-0.4, -0.2) is 11.9 Å². The Morgan fingerprint density at radius 1 is 1.00 bits per heavy atom. The Morgan fingerprint density at radius 2 is 1.63 bits per heavy atom. The van der Waals surface area contributed by atoms with E-state index in [1.54, 1.807) is 48.5 Å². The fraction of sp³-hybridized carbons (Fsp3) is 0.0667. The zero-order chi connectivity index (χ0) is 13.5. The molecule has 0 fully saturated rings. The molecule has 2 N–H and O–H groups in total. The molecule has 0 bridgehead atoms. The number of carbonyl (C=O) groups is 2. The number of primary amides is 1. The lowest BCUT2D eigenvalue weighted by molar-refractivity contribution is -0.132. The first kappa shape index (κ1) is 11.5. The molecule has 3 rings (SSSR count). The maximum atomic E-state index is 12.0. The molecule has 1 aliphatic rings. The average Bonchev–Trinajstić information content (AvgIpc) is 2.75. The number of rotatable bonds is 2. The van der Waals surface area contributed by atoms with E-state index in [0.29, 0.717) is 16.7 Å². The maximum absolute atomic E-state index is 12.0. The van der Waals surface area contributed by atoms with Crippen LogP contribution in [0.3, 0.4) is 0 Å². The van der Waals surface area contributed by atoms with E-state index in [1.807, 2.05) is 6.07 Å². The number of benzene rings is 2. The lowest BCUT2D eigenvalue weighted by Crippen LogP contribution is -2.42. The van der Waals surface area contributed by atoms with Gasteiger partial charge in [-0.2, -0.15) is 0 Å². The van der Waals surface area contributed by atoms with Gasteiger partial charge in [-0.15, -0.1) is 0 Å². The number of fused-ring (bicyclic) bond motifs is 1. The van der Waals surface area contributed by atoms with Crippen molar-refractivity contribution >= 4 is 11.9 Å². The van der Waals surface area contributed by atoms with Gasteiger partial charge < -0.3 is 10.5 Å². The Labute approximate surface area is 109 Å². The van der Waals surface area contributed by atoms with Crippen molar-refractivity contribution in [1.29, 1.82) is 0 Å². The van der Waals surface area contributed by atoms with E-state index in [4.69, 9.17) is 10.5 Å². The molecule has 19 heavy (non-hydrogen) atoms. The maximum Gasteiger partial charge on any atom is 0.340 e. The second-order valence-electron chi connectivity index (χ2n) is 4.35. The first-order chi connectivity index (χ1) is 9.16. The van der Waals surface area contributed by atoms with E-state index in [0.717, 1.165) is 0 Å². The number of cyclic esters (lactones) is 1. The van der Waals surface area contributed by atoms with Crippen molar-refractivity contribution in [2.24, 2.45) is 5.73 Å². The molecule has 0 saturated carbocycles. The predicted octanol–water partition coefficient (Wildman–Crippen LogP) is 1.59. The van der Waals surface area contributed by atoms with Crippen LogP contribution >= 0.6 is 0 Å². The molecule has 1 heterocycles. The quantitative estimate of drug-likeness (QED) is 0.826. The summed E-state index contributed by atoms with van der Waals surface area (Å²) >= 11 is 0. The molecular weight excluding hydrogens is 242 g/mol. The highest BCUT2D eigenvalue weighted by Crippen LogP contribution is 2.41. The Bertz CT molecular complexity index is 666. The smallest absolute Gasteiger partial charge is 0.340 e. The average molecular weight is 253 g/mol. The van der Waals surface area contributed by atoms with Crippen molar-refractivity contribution in [3.63, 3.8) is 0 Å². The third-order valence-electron chi connectivity index (χ3n) is 3.30. The summed E-state index contributed by atoms with van der Waals surface area (Å²) in [5.74, 6) is -1.23. The van der Waals surface area contributed by atoms with Crippen molar-refractivity contribution in [1.82, 2.24) is 0 Å². The second kappa shape index (κ2) is 3.95. The van der Waals surface area contributed by atoms with E-state index in [1.165, 1.54) is 0 Å². The van der Waals surface area contributed by atoms with Gasteiger partial charge in [0.1, 0.15) is 0 Å². The van der Waals surface area contributed by atoms with Crippen LogP contribution < -0.4 is 5.73 Å². The van der Waals surface area contributed by atoms with E-state index in [9.17, 15) is 9.59 Å². The van der Waals surface area contributed by atoms with Crippen LogP contribution in [0.15, 0.2) is 54.6 Å². The molecule has 0 aliphatic carbocycles. The summed E-state index contributed by atoms with van der Waals surface area (Å²) in [6.07, 6.45) is 0. The van der Waals surface area contributed by atoms with E-state index in [2.05, 4.69) is 0 Å². The van der Waals surface area contributed by atoms with E-state index < -0.39 is 17.5 Å². The highest BCUT2D eigenvalue weighted by molar-refractivity contribution is 6.03. The van der Waals surface area contributed by atoms with Gasteiger partial charge in [0.25, 0.3) is 5.91 Å². The lowest BCUT2D eigenvalue weighted by Gasteiger charge is -2.25. The minimum Gasteiger partial charge on any atom is -0.435 e. The molecule has 1 amide bonds. The van der Waals surface area contributed by atoms with Gasteiger partial charge >= 0.3 is 5.97 Å². The molecular formula is C15H11NO3. The topological polar surface area (TPSA) is 69.4 Å². The number of nitrogens with two attached hydrogens (primary N) is 1. The Balaban J connectivity index is 2.31. The third kappa shape index (κ3) is 1.46. The standard InChI is InChI=1S/C15H11NO3/c16-14(18)15(10-6-2-1-3-7-10)12-9-5-4-8-11(12)13(17)19-15/h1-9H,(H2,16,18)/t15-/m1/s1. The van der Waals surface area contributed by atoms with Gasteiger partial charge in [-0.25, -0.2) is 4.79 Å². The number of hydrogen-bond donors (Lipinski definition) is 1. The molecule has 1 atom stereocenters. The second-order valence-corrected chi connectivity index (χ2v) is 4.35. The fourth-order valence-electron chi connectivity index (χ4n) is 2.43. The van der Waals surface area contributed by atoms with Crippen LogP contribution in [0.5, 0.6) is 0 Å². The summed E-state index contributed by atoms with van der Waals surface area (Å²) in [5.41, 5.74) is 5.44. The minimum absolute atomic E-state index is 0.380. The predicted molar refractivity (Wildman–Crippen MR) is 68.3 cm³/mol. The minimum atomic E-state index is -1.52. The Morgan fingerprint density at radius 3 is 2.32 bits per heavy atom. The van der Waals surface area contributed by atoms with Crippen LogP contribution in [0.1, 0.15) is 21.5 Å². The lowest BCUT2D eigenvalue weighted by atomic mass is 9.85. The van der Waals surface area contributed by atoms with Gasteiger partial charge in [0.2, 0.25) is 5.60 Å². The van der Waals surface area contributed by atoms with E-state index >= 15 is 0 Å². The number of ether oxygens (including phenoxy) is 1. The van der Waals surface area contributed by atoms with Crippen LogP contribution in [0.25, 0.3) is 0 Å². The van der Waals surface area contributed by atoms with Gasteiger partial charge in [0.15, 0.2) is 0 Å². The number of carbonyl (C=O) groups excluding carboxylic acids is 2. The first-order valence-corrected chi connectivity index (χ1v) is 5.84. The Hall–Kier alpha value is -2.62.